The van der Waals surface area contributed by atoms with Gasteiger partial charge in [-0.1, -0.05) is 38.1 Å². The molecule has 10 nitrogen and oxygen atoms in total. The van der Waals surface area contributed by atoms with Crippen molar-refractivity contribution in [3.63, 3.8) is 0 Å². The first-order valence-corrected chi connectivity index (χ1v) is 19.1. The molecule has 2 aliphatic rings. The number of nitrogens with one attached hydrogen (secondary N) is 3. The number of rotatable bonds is 16. The number of hydrogen-bond donors (Lipinski definition) is 5. The number of halogens is 1. The number of aromatic nitrogens is 2. The van der Waals surface area contributed by atoms with Crippen LogP contribution in [-0.2, 0) is 23.0 Å². The Balaban J connectivity index is 0.942. The van der Waals surface area contributed by atoms with E-state index < -0.39 is 24.2 Å². The largest absolute Gasteiger partial charge is 0.491 e. The maximum absolute atomic E-state index is 14.9. The van der Waals surface area contributed by atoms with Crippen LogP contribution in [0.4, 0.5) is 21.8 Å². The zero-order chi connectivity index (χ0) is 36.7. The zero-order valence-corrected chi connectivity index (χ0v) is 31.0. The number of ether oxygens (including phenoxy) is 2. The predicted molar refractivity (Wildman–Crippen MR) is 202 cm³/mol. The summed E-state index contributed by atoms with van der Waals surface area (Å²) >= 11 is 1.65. The van der Waals surface area contributed by atoms with Crippen LogP contribution in [0, 0.1) is 5.82 Å². The fourth-order valence-corrected chi connectivity index (χ4v) is 8.07. The minimum atomic E-state index is -0.862. The summed E-state index contributed by atoms with van der Waals surface area (Å²) in [6, 6.07) is 16.4. The van der Waals surface area contributed by atoms with E-state index in [-0.39, 0.29) is 29.0 Å². The summed E-state index contributed by atoms with van der Waals surface area (Å²) in [5.74, 6) is 0.339. The molecule has 1 saturated carbocycles. The van der Waals surface area contributed by atoms with Gasteiger partial charge in [0.1, 0.15) is 18.6 Å². The number of hydrogen-bond acceptors (Lipinski definition) is 11. The molecule has 0 radical (unpaired) electrons. The monoisotopic (exact) mass is 731 g/mol. The number of aliphatic hydroxyl groups excluding tert-OH is 2. The minimum absolute atomic E-state index is 0.00269. The maximum Gasteiger partial charge on any atom is 0.229 e. The van der Waals surface area contributed by atoms with E-state index in [0.29, 0.717) is 49.7 Å². The van der Waals surface area contributed by atoms with Gasteiger partial charge in [0.05, 0.1) is 24.9 Å². The van der Waals surface area contributed by atoms with E-state index in [9.17, 15) is 19.4 Å². The summed E-state index contributed by atoms with van der Waals surface area (Å²) in [4.78, 5) is 22.3. The second kappa shape index (κ2) is 17.3. The highest BCUT2D eigenvalue weighted by Crippen LogP contribution is 2.34. The number of aryl methyl sites for hydroxylation is 2. The molecule has 0 amide bonds. The highest BCUT2D eigenvalue weighted by atomic mass is 32.1. The fraction of sp³-hybridized carbons (Fsp3) is 0.475. The Labute approximate surface area is 309 Å². The molecular weight excluding hydrogens is 682 g/mol. The van der Waals surface area contributed by atoms with Crippen molar-refractivity contribution in [2.75, 3.05) is 30.5 Å². The third-order valence-electron chi connectivity index (χ3n) is 10.1. The lowest BCUT2D eigenvalue weighted by atomic mass is 9.81. The molecule has 0 spiro atoms. The first-order chi connectivity index (χ1) is 25.1. The van der Waals surface area contributed by atoms with Crippen molar-refractivity contribution in [2.45, 2.75) is 102 Å². The molecule has 2 heterocycles. The van der Waals surface area contributed by atoms with Crippen molar-refractivity contribution in [3.8, 4) is 5.75 Å². The second-order valence-corrected chi connectivity index (χ2v) is 15.6. The Morgan fingerprint density at radius 3 is 2.52 bits per heavy atom. The smallest absolute Gasteiger partial charge is 0.229 e. The number of carbonyl (C=O) groups is 1. The summed E-state index contributed by atoms with van der Waals surface area (Å²) in [6.45, 7) is 7.33. The molecule has 0 saturated heterocycles. The number of aliphatic hydroxyl groups is 2. The molecule has 278 valence electrons. The Bertz CT molecular complexity index is 1760. The fourth-order valence-electron chi connectivity index (χ4n) is 6.87. The molecule has 2 aromatic carbocycles. The Kier molecular flexibility index (Phi) is 12.5. The van der Waals surface area contributed by atoms with E-state index in [1.807, 2.05) is 48.5 Å². The molecule has 0 bridgehead atoms. The lowest BCUT2D eigenvalue weighted by Gasteiger charge is -2.37. The van der Waals surface area contributed by atoms with Gasteiger partial charge in [-0.25, -0.2) is 9.37 Å². The number of fused-ring (bicyclic) bond motifs is 1. The van der Waals surface area contributed by atoms with Gasteiger partial charge in [-0.15, -0.1) is 11.3 Å². The van der Waals surface area contributed by atoms with E-state index in [2.05, 4.69) is 45.8 Å². The molecule has 4 unspecified atom stereocenters. The Morgan fingerprint density at radius 1 is 1.02 bits per heavy atom. The molecule has 6 rings (SSSR count). The Hall–Kier alpha value is -3.94. The zero-order valence-electron chi connectivity index (χ0n) is 30.2. The van der Waals surface area contributed by atoms with Crippen LogP contribution in [0.3, 0.4) is 0 Å². The van der Waals surface area contributed by atoms with Crippen molar-refractivity contribution in [1.29, 1.82) is 0 Å². The standard InChI is InChI=1S/C40H50FN5O5S/c1-25(47)26-11-13-28(14-12-26)40(2,3)19-20-50-21-22-51-30-17-15-29(16-18-30)43-39-42-24-31(41)37(46-39)44-32-8-6-9-33(36(32)48)45-38(49)35-23-27-7-4-5-10-34(27)52-35/h11-18,23-24,32-33,36,38,45,48-49H,4-10,19-22H2,1-3H3,(H2,42,43,44,46). The molecule has 0 aliphatic heterocycles. The number of ketones is 1. The molecule has 52 heavy (non-hydrogen) atoms. The summed E-state index contributed by atoms with van der Waals surface area (Å²) in [5, 5.41) is 31.6. The number of thiophene rings is 1. The van der Waals surface area contributed by atoms with Gasteiger partial charge in [-0.2, -0.15) is 4.98 Å². The van der Waals surface area contributed by atoms with Gasteiger partial charge >= 0.3 is 0 Å². The van der Waals surface area contributed by atoms with Crippen molar-refractivity contribution < 1.29 is 28.9 Å². The summed E-state index contributed by atoms with van der Waals surface area (Å²) < 4.78 is 26.6. The van der Waals surface area contributed by atoms with E-state index in [0.717, 1.165) is 42.3 Å². The average Bonchev–Trinajstić information content (AvgIpc) is 3.58. The number of Topliss-reactive ketones (excluding diaryl/α,β-unsaturated/α-hetero) is 1. The third-order valence-corrected chi connectivity index (χ3v) is 11.4. The van der Waals surface area contributed by atoms with E-state index in [1.54, 1.807) is 18.3 Å². The highest BCUT2D eigenvalue weighted by Gasteiger charge is 2.34. The molecule has 5 N–H and O–H groups in total. The SMILES string of the molecule is CC(=O)c1ccc(C(C)(C)CCOCCOc2ccc(Nc3ncc(F)c(NC4CCCC(NC(O)c5cc6c(s5)CCCC6)C4O)n3)cc2)cc1. The van der Waals surface area contributed by atoms with Gasteiger partial charge in [-0.05, 0) is 105 Å². The number of carbonyl (C=O) groups excluding carboxylic acids is 1. The van der Waals surface area contributed by atoms with Crippen LogP contribution in [0.5, 0.6) is 5.75 Å². The van der Waals surface area contributed by atoms with Crippen molar-refractivity contribution in [1.82, 2.24) is 15.3 Å². The van der Waals surface area contributed by atoms with Crippen LogP contribution in [0.15, 0.2) is 60.8 Å². The van der Waals surface area contributed by atoms with Gasteiger partial charge in [0.25, 0.3) is 0 Å². The van der Waals surface area contributed by atoms with Gasteiger partial charge < -0.3 is 30.3 Å². The van der Waals surface area contributed by atoms with Gasteiger partial charge in [0.15, 0.2) is 17.4 Å². The van der Waals surface area contributed by atoms with Crippen molar-refractivity contribution >= 4 is 34.6 Å². The van der Waals surface area contributed by atoms with Crippen LogP contribution in [-0.4, -0.2) is 64.0 Å². The second-order valence-electron chi connectivity index (χ2n) is 14.4. The Morgan fingerprint density at radius 2 is 1.77 bits per heavy atom. The first kappa shape index (κ1) is 37.8. The van der Waals surface area contributed by atoms with Crippen molar-refractivity contribution in [2.24, 2.45) is 0 Å². The van der Waals surface area contributed by atoms with Crippen molar-refractivity contribution in [3.05, 3.63) is 93.1 Å². The number of anilines is 3. The number of benzene rings is 2. The van der Waals surface area contributed by atoms with Crippen LogP contribution in [0.25, 0.3) is 0 Å². The van der Waals surface area contributed by atoms with Crippen LogP contribution < -0.4 is 20.7 Å². The number of nitrogens with zero attached hydrogens (tertiary/aromatic N) is 2. The van der Waals surface area contributed by atoms with Gasteiger partial charge in [-0.3, -0.25) is 10.1 Å². The normalized spacial score (nSPS) is 19.5. The molecule has 4 atom stereocenters. The average molecular weight is 732 g/mol. The summed E-state index contributed by atoms with van der Waals surface area (Å²) in [6.07, 6.45) is 6.83. The molecule has 2 aromatic heterocycles. The van der Waals surface area contributed by atoms with Gasteiger partial charge in [0.2, 0.25) is 5.95 Å². The van der Waals surface area contributed by atoms with Crippen LogP contribution in [0.2, 0.25) is 0 Å². The first-order valence-electron chi connectivity index (χ1n) is 18.3. The van der Waals surface area contributed by atoms with Crippen LogP contribution >= 0.6 is 11.3 Å². The summed E-state index contributed by atoms with van der Waals surface area (Å²) in [7, 11) is 0. The van der Waals surface area contributed by atoms with Gasteiger partial charge in [0, 0.05) is 33.7 Å². The highest BCUT2D eigenvalue weighted by molar-refractivity contribution is 7.12. The van der Waals surface area contributed by atoms with Crippen LogP contribution in [0.1, 0.15) is 96.8 Å². The van der Waals surface area contributed by atoms with E-state index >= 15 is 0 Å². The quantitative estimate of drug-likeness (QED) is 0.0456. The van der Waals surface area contributed by atoms with E-state index in [4.69, 9.17) is 9.47 Å². The molecular formula is C40H50FN5O5S. The molecule has 12 heteroatoms. The summed E-state index contributed by atoms with van der Waals surface area (Å²) in [5.41, 5.74) is 3.82. The molecule has 1 fully saturated rings. The lowest BCUT2D eigenvalue weighted by Crippen LogP contribution is -2.52. The molecule has 4 aromatic rings. The van der Waals surface area contributed by atoms with E-state index in [1.165, 1.54) is 23.3 Å². The topological polar surface area (TPSA) is 138 Å². The molecule has 2 aliphatic carbocycles. The predicted octanol–water partition coefficient (Wildman–Crippen LogP) is 7.24. The lowest BCUT2D eigenvalue weighted by molar-refractivity contribution is 0.0369. The third kappa shape index (κ3) is 9.73. The maximum atomic E-state index is 14.9. The minimum Gasteiger partial charge on any atom is -0.491 e.